The van der Waals surface area contributed by atoms with Crippen molar-refractivity contribution in [3.05, 3.63) is 53.9 Å². The molecule has 0 spiro atoms. The van der Waals surface area contributed by atoms with E-state index in [0.717, 1.165) is 45.1 Å². The normalized spacial score (nSPS) is 14.7. The Labute approximate surface area is 157 Å². The Morgan fingerprint density at radius 3 is 2.44 bits per heavy atom. The molecule has 3 rings (SSSR count). The molecule has 1 aliphatic heterocycles. The van der Waals surface area contributed by atoms with Gasteiger partial charge in [0.25, 0.3) is 5.91 Å². The van der Waals surface area contributed by atoms with Crippen molar-refractivity contribution in [3.63, 3.8) is 0 Å². The number of nitrogens with one attached hydrogen (secondary N) is 1. The van der Waals surface area contributed by atoms with Crippen molar-refractivity contribution in [2.45, 2.75) is 6.42 Å². The summed E-state index contributed by atoms with van der Waals surface area (Å²) in [6, 6.07) is 7.87. The molecular formula is C19H23N5O3. The molecule has 1 amide bonds. The molecule has 0 radical (unpaired) electrons. The molecule has 1 aromatic carbocycles. The van der Waals surface area contributed by atoms with Crippen LogP contribution < -0.4 is 10.2 Å². The second-order valence-electron chi connectivity index (χ2n) is 6.37. The van der Waals surface area contributed by atoms with Crippen LogP contribution in [-0.4, -0.2) is 71.1 Å². The van der Waals surface area contributed by atoms with Gasteiger partial charge in [-0.05, 0) is 37.2 Å². The number of carbonyl (C=O) groups excluding carboxylic acids is 1. The van der Waals surface area contributed by atoms with E-state index in [1.165, 1.54) is 12.1 Å². The number of nitrogens with zero attached hydrogens (tertiary/aromatic N) is 4. The number of rotatable bonds is 7. The maximum absolute atomic E-state index is 12.1. The zero-order chi connectivity index (χ0) is 19.1. The Kier molecular flexibility index (Phi) is 6.32. The molecule has 0 atom stereocenters. The highest BCUT2D eigenvalue weighted by atomic mass is 16.4. The van der Waals surface area contributed by atoms with Crippen LogP contribution in [0.4, 0.5) is 5.95 Å². The quantitative estimate of drug-likeness (QED) is 0.706. The third-order valence-electron chi connectivity index (χ3n) is 4.52. The largest absolute Gasteiger partial charge is 0.478 e. The van der Waals surface area contributed by atoms with Crippen molar-refractivity contribution in [1.82, 2.24) is 20.2 Å². The number of carbonyl (C=O) groups is 2. The number of piperazine rings is 1. The molecule has 2 N–H and O–H groups in total. The first kappa shape index (κ1) is 18.8. The van der Waals surface area contributed by atoms with Gasteiger partial charge >= 0.3 is 5.97 Å². The van der Waals surface area contributed by atoms with Crippen molar-refractivity contribution < 1.29 is 14.7 Å². The molecule has 8 heteroatoms. The minimum Gasteiger partial charge on any atom is -0.478 e. The Bertz CT molecular complexity index is 776. The van der Waals surface area contributed by atoms with Crippen LogP contribution in [0.25, 0.3) is 0 Å². The van der Waals surface area contributed by atoms with Crippen molar-refractivity contribution >= 4 is 17.8 Å². The predicted octanol–water partition coefficient (Wildman–Crippen LogP) is 1.12. The van der Waals surface area contributed by atoms with E-state index in [1.54, 1.807) is 24.5 Å². The first-order chi connectivity index (χ1) is 13.1. The maximum atomic E-state index is 12.1. The van der Waals surface area contributed by atoms with Crippen molar-refractivity contribution in [1.29, 1.82) is 0 Å². The van der Waals surface area contributed by atoms with Crippen LogP contribution in [0.5, 0.6) is 0 Å². The van der Waals surface area contributed by atoms with E-state index in [0.29, 0.717) is 12.1 Å². The van der Waals surface area contributed by atoms with Gasteiger partial charge in [0.2, 0.25) is 5.95 Å². The third kappa shape index (κ3) is 5.24. The highest BCUT2D eigenvalue weighted by Gasteiger charge is 2.18. The molecular weight excluding hydrogens is 346 g/mol. The number of carboxylic acid groups (broad SMARTS) is 1. The first-order valence-electron chi connectivity index (χ1n) is 8.99. The van der Waals surface area contributed by atoms with Gasteiger partial charge in [0.1, 0.15) is 0 Å². The molecule has 2 aromatic rings. The number of aromatic carboxylic acids is 1. The van der Waals surface area contributed by atoms with Gasteiger partial charge in [-0.3, -0.25) is 9.69 Å². The van der Waals surface area contributed by atoms with Crippen LogP contribution in [0.15, 0.2) is 42.7 Å². The monoisotopic (exact) mass is 369 g/mol. The SMILES string of the molecule is O=C(O)c1cccc(C(=O)NCCCN2CCN(c3ncccn3)CC2)c1. The topological polar surface area (TPSA) is 98.7 Å². The van der Waals surface area contributed by atoms with E-state index in [1.807, 2.05) is 6.07 Å². The predicted molar refractivity (Wildman–Crippen MR) is 101 cm³/mol. The second kappa shape index (κ2) is 9.09. The summed E-state index contributed by atoms with van der Waals surface area (Å²) in [6.45, 7) is 5.10. The Hall–Kier alpha value is -3.00. The van der Waals surface area contributed by atoms with Gasteiger partial charge in [0.05, 0.1) is 5.56 Å². The van der Waals surface area contributed by atoms with E-state index in [2.05, 4.69) is 25.1 Å². The number of benzene rings is 1. The van der Waals surface area contributed by atoms with Crippen molar-refractivity contribution in [3.8, 4) is 0 Å². The fourth-order valence-corrected chi connectivity index (χ4v) is 3.03. The number of amides is 1. The lowest BCUT2D eigenvalue weighted by molar-refractivity contribution is 0.0697. The van der Waals surface area contributed by atoms with Gasteiger partial charge < -0.3 is 15.3 Å². The van der Waals surface area contributed by atoms with E-state index in [4.69, 9.17) is 5.11 Å². The van der Waals surface area contributed by atoms with Gasteiger partial charge in [0, 0.05) is 50.7 Å². The summed E-state index contributed by atoms with van der Waals surface area (Å²) in [5.74, 6) is -0.512. The standard InChI is InChI=1S/C19H23N5O3/c25-17(15-4-1-5-16(14-15)18(26)27)20-8-3-9-23-10-12-24(13-11-23)19-21-6-2-7-22-19/h1-2,4-7,14H,3,8-13H2,(H,20,25)(H,26,27). The van der Waals surface area contributed by atoms with Crippen LogP contribution in [0.1, 0.15) is 27.1 Å². The summed E-state index contributed by atoms with van der Waals surface area (Å²) < 4.78 is 0. The molecule has 27 heavy (non-hydrogen) atoms. The molecule has 1 fully saturated rings. The van der Waals surface area contributed by atoms with Gasteiger partial charge in [-0.15, -0.1) is 0 Å². The summed E-state index contributed by atoms with van der Waals surface area (Å²) in [5, 5.41) is 11.8. The number of hydrogen-bond donors (Lipinski definition) is 2. The van der Waals surface area contributed by atoms with E-state index in [-0.39, 0.29) is 11.5 Å². The van der Waals surface area contributed by atoms with E-state index in [9.17, 15) is 9.59 Å². The molecule has 0 bridgehead atoms. The highest BCUT2D eigenvalue weighted by Crippen LogP contribution is 2.10. The van der Waals surface area contributed by atoms with Crippen LogP contribution in [-0.2, 0) is 0 Å². The maximum Gasteiger partial charge on any atom is 0.335 e. The summed E-state index contributed by atoms with van der Waals surface area (Å²) in [4.78, 5) is 36.2. The third-order valence-corrected chi connectivity index (χ3v) is 4.52. The minimum atomic E-state index is -1.04. The molecule has 1 aliphatic rings. The Morgan fingerprint density at radius 1 is 1.04 bits per heavy atom. The van der Waals surface area contributed by atoms with Gasteiger partial charge in [0.15, 0.2) is 0 Å². The highest BCUT2D eigenvalue weighted by molar-refractivity contribution is 5.97. The second-order valence-corrected chi connectivity index (χ2v) is 6.37. The smallest absolute Gasteiger partial charge is 0.335 e. The first-order valence-corrected chi connectivity index (χ1v) is 8.99. The molecule has 2 heterocycles. The Balaban J connectivity index is 1.37. The summed E-state index contributed by atoms with van der Waals surface area (Å²) in [5.41, 5.74) is 0.481. The van der Waals surface area contributed by atoms with Crippen molar-refractivity contribution in [2.24, 2.45) is 0 Å². The van der Waals surface area contributed by atoms with Gasteiger partial charge in [-0.2, -0.15) is 0 Å². The summed E-state index contributed by atoms with van der Waals surface area (Å²) in [6.07, 6.45) is 4.35. The van der Waals surface area contributed by atoms with E-state index < -0.39 is 5.97 Å². The molecule has 0 aliphatic carbocycles. The molecule has 142 valence electrons. The molecule has 0 saturated carbocycles. The summed E-state index contributed by atoms with van der Waals surface area (Å²) in [7, 11) is 0. The van der Waals surface area contributed by atoms with Crippen LogP contribution in [0.3, 0.4) is 0 Å². The van der Waals surface area contributed by atoms with Gasteiger partial charge in [-0.1, -0.05) is 6.07 Å². The van der Waals surface area contributed by atoms with Crippen LogP contribution in [0, 0.1) is 0 Å². The lowest BCUT2D eigenvalue weighted by atomic mass is 10.1. The fraction of sp³-hybridized carbons (Fsp3) is 0.368. The van der Waals surface area contributed by atoms with Gasteiger partial charge in [-0.25, -0.2) is 14.8 Å². The molecule has 1 aromatic heterocycles. The molecule has 8 nitrogen and oxygen atoms in total. The lowest BCUT2D eigenvalue weighted by Crippen LogP contribution is -2.47. The van der Waals surface area contributed by atoms with E-state index >= 15 is 0 Å². The van der Waals surface area contributed by atoms with Crippen molar-refractivity contribution in [2.75, 3.05) is 44.2 Å². The number of hydrogen-bond acceptors (Lipinski definition) is 6. The molecule has 1 saturated heterocycles. The van der Waals surface area contributed by atoms with Crippen LogP contribution in [0.2, 0.25) is 0 Å². The number of aromatic nitrogens is 2. The Morgan fingerprint density at radius 2 is 1.74 bits per heavy atom. The number of anilines is 1. The molecule has 0 unspecified atom stereocenters. The lowest BCUT2D eigenvalue weighted by Gasteiger charge is -2.34. The summed E-state index contributed by atoms with van der Waals surface area (Å²) >= 11 is 0. The average Bonchev–Trinajstić information content (AvgIpc) is 2.72. The van der Waals surface area contributed by atoms with Crippen LogP contribution >= 0.6 is 0 Å². The number of carboxylic acids is 1. The average molecular weight is 369 g/mol. The fourth-order valence-electron chi connectivity index (χ4n) is 3.03. The zero-order valence-corrected chi connectivity index (χ0v) is 15.0. The zero-order valence-electron chi connectivity index (χ0n) is 15.0. The minimum absolute atomic E-state index is 0.114.